The third-order valence-electron chi connectivity index (χ3n) is 10.0. The SMILES string of the molecule is CC/C=C\C/C=C\C/C=C\C/C=C\C/C=C\CCCCCCCCCC(=O)OC(COCCCCCCCCC/C=C\C/C=C\C/C=C\C/C=C\CC)COP(=O)(O)OCC(N)C(=O)O. The van der Waals surface area contributed by atoms with Crippen molar-refractivity contribution < 1.29 is 42.7 Å². The lowest BCUT2D eigenvalue weighted by molar-refractivity contribution is -0.154. The summed E-state index contributed by atoms with van der Waals surface area (Å²) in [7, 11) is -4.64. The molecule has 0 heterocycles. The number of hydrogen-bond acceptors (Lipinski definition) is 8. The van der Waals surface area contributed by atoms with Gasteiger partial charge in [-0.3, -0.25) is 18.6 Å². The Balaban J connectivity index is 4.24. The molecule has 0 amide bonds. The first kappa shape index (κ1) is 61.6. The molecule has 4 N–H and O–H groups in total. The zero-order valence-corrected chi connectivity index (χ0v) is 41.4. The van der Waals surface area contributed by atoms with Crippen molar-refractivity contribution in [3.8, 4) is 0 Å². The zero-order valence-electron chi connectivity index (χ0n) is 40.5. The van der Waals surface area contributed by atoms with E-state index in [0.717, 1.165) is 109 Å². The maximum Gasteiger partial charge on any atom is 0.472 e. The van der Waals surface area contributed by atoms with Gasteiger partial charge < -0.3 is 25.2 Å². The van der Waals surface area contributed by atoms with Crippen LogP contribution in [-0.2, 0) is 32.7 Å². The van der Waals surface area contributed by atoms with Gasteiger partial charge in [0.2, 0.25) is 0 Å². The van der Waals surface area contributed by atoms with Crippen LogP contribution in [-0.4, -0.2) is 60.5 Å². The van der Waals surface area contributed by atoms with E-state index in [1.54, 1.807) is 0 Å². The minimum Gasteiger partial charge on any atom is -0.480 e. The van der Waals surface area contributed by atoms with E-state index in [2.05, 4.69) is 123 Å². The highest BCUT2D eigenvalue weighted by Crippen LogP contribution is 2.43. The fourth-order valence-electron chi connectivity index (χ4n) is 6.27. The predicted molar refractivity (Wildman–Crippen MR) is 272 cm³/mol. The molecule has 370 valence electrons. The van der Waals surface area contributed by atoms with Gasteiger partial charge in [0.1, 0.15) is 12.1 Å². The van der Waals surface area contributed by atoms with Crippen molar-refractivity contribution in [2.24, 2.45) is 5.73 Å². The molecule has 0 spiro atoms. The molecule has 10 nitrogen and oxygen atoms in total. The molecule has 0 aliphatic rings. The molecular formula is C54H90NO9P. The van der Waals surface area contributed by atoms with Gasteiger partial charge >= 0.3 is 19.8 Å². The summed E-state index contributed by atoms with van der Waals surface area (Å²) in [6.07, 6.45) is 65.6. The van der Waals surface area contributed by atoms with Gasteiger partial charge in [-0.05, 0) is 96.3 Å². The monoisotopic (exact) mass is 928 g/mol. The van der Waals surface area contributed by atoms with Crippen LogP contribution in [0.4, 0.5) is 0 Å². The topological polar surface area (TPSA) is 155 Å². The van der Waals surface area contributed by atoms with Gasteiger partial charge in [-0.15, -0.1) is 0 Å². The molecule has 0 radical (unpaired) electrons. The number of rotatable bonds is 46. The first-order valence-corrected chi connectivity index (χ1v) is 26.4. The standard InChI is InChI=1S/C54H90NO9P/c1-3-5-7-9-11-13-15-17-19-21-23-25-26-27-28-30-32-34-36-38-40-42-44-46-53(56)64-51(49-62-65(59,60)63-50-52(55)54(57)58)48-61-47-45-43-41-39-37-35-33-31-29-24-22-20-18-16-14-12-10-8-6-4-2/h5-8,11-14,17-20,23-25,27-29,51-52H,3-4,9-10,15-16,21-22,26,30-50,55H2,1-2H3,(H,57,58)(H,59,60)/b7-5-,8-6-,13-11-,14-12-,19-17-,20-18-,25-23-,28-27-,29-24-. The summed E-state index contributed by atoms with van der Waals surface area (Å²) in [5.41, 5.74) is 5.37. The highest BCUT2D eigenvalue weighted by Gasteiger charge is 2.27. The summed E-state index contributed by atoms with van der Waals surface area (Å²) in [6.45, 7) is 3.60. The van der Waals surface area contributed by atoms with Crippen LogP contribution in [0.5, 0.6) is 0 Å². The Bertz CT molecular complexity index is 1440. The Labute approximate surface area is 395 Å². The molecule has 0 aromatic carbocycles. The highest BCUT2D eigenvalue weighted by atomic mass is 31.2. The molecule has 3 unspecified atom stereocenters. The van der Waals surface area contributed by atoms with Gasteiger partial charge in [-0.1, -0.05) is 187 Å². The van der Waals surface area contributed by atoms with Crippen LogP contribution in [0, 0.1) is 0 Å². The number of hydrogen-bond donors (Lipinski definition) is 3. The minimum absolute atomic E-state index is 0.00268. The quantitative estimate of drug-likeness (QED) is 0.0233. The molecule has 0 saturated carbocycles. The molecule has 0 aromatic heterocycles. The van der Waals surface area contributed by atoms with E-state index in [0.29, 0.717) is 13.0 Å². The number of ether oxygens (including phenoxy) is 2. The van der Waals surface area contributed by atoms with Gasteiger partial charge in [0.25, 0.3) is 0 Å². The van der Waals surface area contributed by atoms with E-state index >= 15 is 0 Å². The summed E-state index contributed by atoms with van der Waals surface area (Å²) >= 11 is 0. The van der Waals surface area contributed by atoms with Crippen molar-refractivity contribution in [2.75, 3.05) is 26.4 Å². The Morgan fingerprint density at radius 1 is 0.492 bits per heavy atom. The average molecular weight is 928 g/mol. The van der Waals surface area contributed by atoms with Crippen LogP contribution in [0.15, 0.2) is 109 Å². The predicted octanol–water partition coefficient (Wildman–Crippen LogP) is 14.6. The lowest BCUT2D eigenvalue weighted by atomic mass is 10.1. The molecular weight excluding hydrogens is 838 g/mol. The Morgan fingerprint density at radius 2 is 0.846 bits per heavy atom. The van der Waals surface area contributed by atoms with Gasteiger partial charge in [-0.2, -0.15) is 0 Å². The van der Waals surface area contributed by atoms with Gasteiger partial charge in [0, 0.05) is 13.0 Å². The number of nitrogens with two attached hydrogens (primary N) is 1. The number of carbonyl (C=O) groups is 2. The molecule has 0 fully saturated rings. The number of phosphoric acid groups is 1. The van der Waals surface area contributed by atoms with Crippen molar-refractivity contribution in [1.29, 1.82) is 0 Å². The Hall–Kier alpha value is -3.37. The normalized spacial score (nSPS) is 14.6. The van der Waals surface area contributed by atoms with E-state index < -0.39 is 45.1 Å². The van der Waals surface area contributed by atoms with Gasteiger partial charge in [0.05, 0.1) is 19.8 Å². The smallest absolute Gasteiger partial charge is 0.472 e. The van der Waals surface area contributed by atoms with Crippen molar-refractivity contribution in [3.05, 3.63) is 109 Å². The molecule has 0 aliphatic heterocycles. The third kappa shape index (κ3) is 48.4. The summed E-state index contributed by atoms with van der Waals surface area (Å²) in [5.74, 6) is -1.80. The lowest BCUT2D eigenvalue weighted by Gasteiger charge is -2.20. The van der Waals surface area contributed by atoms with Crippen molar-refractivity contribution in [1.82, 2.24) is 0 Å². The number of unbranched alkanes of at least 4 members (excludes halogenated alkanes) is 14. The summed E-state index contributed by atoms with van der Waals surface area (Å²) in [6, 6.07) is -1.48. The molecule has 3 atom stereocenters. The number of carbonyl (C=O) groups excluding carboxylic acids is 1. The molecule has 11 heteroatoms. The van der Waals surface area contributed by atoms with Crippen LogP contribution in [0.3, 0.4) is 0 Å². The fourth-order valence-corrected chi connectivity index (χ4v) is 7.05. The Kier molecular flexibility index (Phi) is 46.0. The van der Waals surface area contributed by atoms with E-state index in [4.69, 9.17) is 29.4 Å². The van der Waals surface area contributed by atoms with Gasteiger partial charge in [-0.25, -0.2) is 4.57 Å². The van der Waals surface area contributed by atoms with Gasteiger partial charge in [0.15, 0.2) is 0 Å². The number of carboxylic acid groups (broad SMARTS) is 1. The maximum atomic E-state index is 12.7. The van der Waals surface area contributed by atoms with Crippen LogP contribution >= 0.6 is 7.82 Å². The third-order valence-corrected chi connectivity index (χ3v) is 11.0. The number of allylic oxidation sites excluding steroid dienone is 18. The minimum atomic E-state index is -4.64. The van der Waals surface area contributed by atoms with E-state index in [-0.39, 0.29) is 13.0 Å². The first-order chi connectivity index (χ1) is 31.7. The van der Waals surface area contributed by atoms with Crippen LogP contribution in [0.1, 0.15) is 181 Å². The second-order valence-corrected chi connectivity index (χ2v) is 17.6. The molecule has 65 heavy (non-hydrogen) atoms. The van der Waals surface area contributed by atoms with Crippen molar-refractivity contribution >= 4 is 19.8 Å². The van der Waals surface area contributed by atoms with Crippen LogP contribution < -0.4 is 5.73 Å². The van der Waals surface area contributed by atoms with Crippen molar-refractivity contribution in [3.63, 3.8) is 0 Å². The lowest BCUT2D eigenvalue weighted by Crippen LogP contribution is -2.34. The molecule has 0 bridgehead atoms. The second-order valence-electron chi connectivity index (χ2n) is 16.2. The number of carboxylic acids is 1. The number of esters is 1. The summed E-state index contributed by atoms with van der Waals surface area (Å²) in [5, 5.41) is 8.93. The van der Waals surface area contributed by atoms with Crippen molar-refractivity contribution in [2.45, 2.75) is 193 Å². The summed E-state index contributed by atoms with van der Waals surface area (Å²) in [4.78, 5) is 33.7. The maximum absolute atomic E-state index is 12.7. The largest absolute Gasteiger partial charge is 0.480 e. The van der Waals surface area contributed by atoms with E-state index in [1.807, 2.05) is 0 Å². The molecule has 0 rings (SSSR count). The zero-order chi connectivity index (χ0) is 47.6. The van der Waals surface area contributed by atoms with Crippen LogP contribution in [0.25, 0.3) is 0 Å². The molecule has 0 aliphatic carbocycles. The second kappa shape index (κ2) is 48.6. The first-order valence-electron chi connectivity index (χ1n) is 24.9. The molecule has 0 aromatic rings. The number of phosphoric ester groups is 1. The highest BCUT2D eigenvalue weighted by molar-refractivity contribution is 7.47. The van der Waals surface area contributed by atoms with E-state index in [9.17, 15) is 19.0 Å². The molecule has 0 saturated heterocycles. The average Bonchev–Trinajstić information content (AvgIpc) is 3.29. The van der Waals surface area contributed by atoms with Crippen LogP contribution in [0.2, 0.25) is 0 Å². The summed E-state index contributed by atoms with van der Waals surface area (Å²) < 4.78 is 33.5. The Morgan fingerprint density at radius 3 is 1.26 bits per heavy atom. The fraction of sp³-hybridized carbons (Fsp3) is 0.630. The van der Waals surface area contributed by atoms with E-state index in [1.165, 1.54) is 44.9 Å². The number of aliphatic carboxylic acids is 1.